The number of ether oxygens (including phenoxy) is 1. The van der Waals surface area contributed by atoms with Gasteiger partial charge in [-0.3, -0.25) is 14.3 Å². The summed E-state index contributed by atoms with van der Waals surface area (Å²) in [5.74, 6) is 0.400. The molecule has 1 aliphatic heterocycles. The molecule has 25 heavy (non-hydrogen) atoms. The van der Waals surface area contributed by atoms with Crippen LogP contribution in [-0.2, 0) is 10.5 Å². The zero-order valence-electron chi connectivity index (χ0n) is 13.7. The van der Waals surface area contributed by atoms with Gasteiger partial charge in [-0.05, 0) is 19.1 Å². The van der Waals surface area contributed by atoms with Crippen LogP contribution in [0.3, 0.4) is 0 Å². The van der Waals surface area contributed by atoms with Gasteiger partial charge in [0.1, 0.15) is 12.3 Å². The van der Waals surface area contributed by atoms with Crippen LogP contribution in [-0.4, -0.2) is 38.6 Å². The second-order valence-corrected chi connectivity index (χ2v) is 7.09. The maximum atomic E-state index is 12.1. The number of rotatable bonds is 5. The fourth-order valence-electron chi connectivity index (χ4n) is 2.69. The van der Waals surface area contributed by atoms with Crippen LogP contribution in [0.5, 0.6) is 0 Å². The quantitative estimate of drug-likeness (QED) is 0.677. The molecule has 0 bridgehead atoms. The molecule has 0 aliphatic carbocycles. The number of hydrogen-bond donors (Lipinski definition) is 3. The molecular formula is C17H20N2O5S. The molecule has 3 N–H and O–H groups in total. The number of thioether (sulfide) groups is 1. The first-order valence-electron chi connectivity index (χ1n) is 7.96. The number of benzene rings is 1. The monoisotopic (exact) mass is 364 g/mol. The van der Waals surface area contributed by atoms with E-state index in [1.54, 1.807) is 0 Å². The molecule has 2 heterocycles. The van der Waals surface area contributed by atoms with Crippen LogP contribution in [0, 0.1) is 6.92 Å². The maximum absolute atomic E-state index is 12.1. The topological polar surface area (TPSA) is 105 Å². The lowest BCUT2D eigenvalue weighted by Crippen LogP contribution is -2.34. The summed E-state index contributed by atoms with van der Waals surface area (Å²) < 4.78 is 6.76. The molecule has 3 unspecified atom stereocenters. The summed E-state index contributed by atoms with van der Waals surface area (Å²) in [6.07, 6.45) is -0.630. The third-order valence-electron chi connectivity index (χ3n) is 4.15. The van der Waals surface area contributed by atoms with E-state index < -0.39 is 29.7 Å². The molecule has 7 nitrogen and oxygen atoms in total. The number of aryl methyl sites for hydroxylation is 1. The van der Waals surface area contributed by atoms with Crippen molar-refractivity contribution in [2.24, 2.45) is 0 Å². The Bertz CT molecular complexity index is 845. The van der Waals surface area contributed by atoms with Gasteiger partial charge >= 0.3 is 5.69 Å². The fraction of sp³-hybridized carbons (Fsp3) is 0.412. The van der Waals surface area contributed by atoms with E-state index in [0.29, 0.717) is 11.3 Å². The molecule has 8 heteroatoms. The number of aromatic amines is 1. The van der Waals surface area contributed by atoms with Crippen molar-refractivity contribution in [1.82, 2.24) is 9.55 Å². The lowest BCUT2D eigenvalue weighted by atomic mass is 10.2. The summed E-state index contributed by atoms with van der Waals surface area (Å²) in [6, 6.07) is 7.95. The van der Waals surface area contributed by atoms with Crippen LogP contribution in [0.4, 0.5) is 0 Å². The minimum absolute atomic E-state index is 0.182. The minimum Gasteiger partial charge on any atom is -0.394 e. The van der Waals surface area contributed by atoms with Gasteiger partial charge in [0.2, 0.25) is 0 Å². The van der Waals surface area contributed by atoms with Crippen LogP contribution < -0.4 is 11.2 Å². The number of aliphatic hydroxyl groups is 2. The zero-order chi connectivity index (χ0) is 18.0. The molecule has 1 aromatic carbocycles. The minimum atomic E-state index is -0.848. The zero-order valence-corrected chi connectivity index (χ0v) is 14.5. The summed E-state index contributed by atoms with van der Waals surface area (Å²) in [4.78, 5) is 27.4. The van der Waals surface area contributed by atoms with Crippen molar-refractivity contribution in [2.75, 3.05) is 6.61 Å². The van der Waals surface area contributed by atoms with Crippen LogP contribution in [0.15, 0.2) is 44.9 Å². The van der Waals surface area contributed by atoms with E-state index in [9.17, 15) is 14.7 Å². The van der Waals surface area contributed by atoms with E-state index >= 15 is 0 Å². The van der Waals surface area contributed by atoms with Crippen molar-refractivity contribution in [2.45, 2.75) is 42.4 Å². The molecule has 3 atom stereocenters. The predicted octanol–water partition coefficient (Wildman–Crippen LogP) is 0.778. The lowest BCUT2D eigenvalue weighted by Gasteiger charge is -2.15. The molecule has 0 amide bonds. The summed E-state index contributed by atoms with van der Waals surface area (Å²) in [5.41, 5.74) is 0.574. The molecule has 2 aromatic rings. The highest BCUT2D eigenvalue weighted by molar-refractivity contribution is 7.98. The van der Waals surface area contributed by atoms with E-state index in [2.05, 4.69) is 4.98 Å². The average molecular weight is 364 g/mol. The number of nitrogens with one attached hydrogen (secondary N) is 1. The molecule has 1 saturated heterocycles. The SMILES string of the molecule is Cc1ccc(SCc2cn(C3CC(O)C(CO)O3)c(=O)[nH]c2=O)cc1. The first-order chi connectivity index (χ1) is 12.0. The number of aliphatic hydroxyl groups excluding tert-OH is 2. The Hall–Kier alpha value is -1.87. The molecule has 1 aromatic heterocycles. The first kappa shape index (κ1) is 17.9. The smallest absolute Gasteiger partial charge is 0.330 e. The molecule has 3 rings (SSSR count). The van der Waals surface area contributed by atoms with E-state index in [1.807, 2.05) is 31.2 Å². The van der Waals surface area contributed by atoms with E-state index in [-0.39, 0.29) is 13.0 Å². The molecule has 1 aliphatic rings. The van der Waals surface area contributed by atoms with Crippen LogP contribution in [0.25, 0.3) is 0 Å². The summed E-state index contributed by atoms with van der Waals surface area (Å²) in [6.45, 7) is 1.68. The molecule has 134 valence electrons. The number of hydrogen-bond acceptors (Lipinski definition) is 6. The summed E-state index contributed by atoms with van der Waals surface area (Å²) in [7, 11) is 0. The van der Waals surface area contributed by atoms with E-state index in [0.717, 1.165) is 10.5 Å². The van der Waals surface area contributed by atoms with Crippen molar-refractivity contribution in [3.63, 3.8) is 0 Å². The second kappa shape index (κ2) is 7.57. The fourth-order valence-corrected chi connectivity index (χ4v) is 3.55. The molecule has 0 radical (unpaired) electrons. The van der Waals surface area contributed by atoms with Gasteiger partial charge in [0.25, 0.3) is 5.56 Å². The first-order valence-corrected chi connectivity index (χ1v) is 8.94. The van der Waals surface area contributed by atoms with Gasteiger partial charge in [-0.1, -0.05) is 17.7 Å². The van der Waals surface area contributed by atoms with Gasteiger partial charge < -0.3 is 14.9 Å². The van der Waals surface area contributed by atoms with Gasteiger partial charge in [-0.2, -0.15) is 0 Å². The van der Waals surface area contributed by atoms with E-state index in [1.165, 1.54) is 22.5 Å². The van der Waals surface area contributed by atoms with Crippen LogP contribution in [0.2, 0.25) is 0 Å². The third kappa shape index (κ3) is 4.04. The standard InChI is InChI=1S/C17H20N2O5S/c1-10-2-4-12(5-3-10)25-9-11-7-19(17(23)18-16(11)22)15-6-13(21)14(8-20)24-15/h2-5,7,13-15,20-21H,6,8-9H2,1H3,(H,18,22,23). The van der Waals surface area contributed by atoms with Crippen molar-refractivity contribution >= 4 is 11.8 Å². The van der Waals surface area contributed by atoms with Crippen LogP contribution in [0.1, 0.15) is 23.8 Å². The number of aromatic nitrogens is 2. The Morgan fingerprint density at radius 3 is 2.68 bits per heavy atom. The molecule has 0 spiro atoms. The molecule has 0 saturated carbocycles. The maximum Gasteiger partial charge on any atom is 0.330 e. The Morgan fingerprint density at radius 2 is 2.04 bits per heavy atom. The second-order valence-electron chi connectivity index (χ2n) is 6.04. The van der Waals surface area contributed by atoms with E-state index in [4.69, 9.17) is 9.84 Å². The third-order valence-corrected chi connectivity index (χ3v) is 5.21. The van der Waals surface area contributed by atoms with Gasteiger partial charge in [0, 0.05) is 28.8 Å². The lowest BCUT2D eigenvalue weighted by molar-refractivity contribution is -0.0459. The predicted molar refractivity (Wildman–Crippen MR) is 93.7 cm³/mol. The highest BCUT2D eigenvalue weighted by Crippen LogP contribution is 2.28. The van der Waals surface area contributed by atoms with Crippen LogP contribution >= 0.6 is 11.8 Å². The average Bonchev–Trinajstić information content (AvgIpc) is 2.96. The highest BCUT2D eigenvalue weighted by Gasteiger charge is 2.35. The Balaban J connectivity index is 1.80. The van der Waals surface area contributed by atoms with Gasteiger partial charge in [-0.15, -0.1) is 11.8 Å². The summed E-state index contributed by atoms with van der Waals surface area (Å²) in [5, 5.41) is 19.0. The Morgan fingerprint density at radius 1 is 1.32 bits per heavy atom. The Labute approximate surface area is 148 Å². The van der Waals surface area contributed by atoms with Gasteiger partial charge in [0.05, 0.1) is 12.7 Å². The largest absolute Gasteiger partial charge is 0.394 e. The summed E-state index contributed by atoms with van der Waals surface area (Å²) >= 11 is 1.49. The van der Waals surface area contributed by atoms with Crippen molar-refractivity contribution < 1.29 is 14.9 Å². The number of nitrogens with zero attached hydrogens (tertiary/aromatic N) is 1. The number of H-pyrrole nitrogens is 1. The Kier molecular flexibility index (Phi) is 5.43. The van der Waals surface area contributed by atoms with Gasteiger partial charge in [-0.25, -0.2) is 4.79 Å². The molecular weight excluding hydrogens is 344 g/mol. The van der Waals surface area contributed by atoms with Crippen molar-refractivity contribution in [3.05, 3.63) is 62.4 Å². The van der Waals surface area contributed by atoms with Crippen molar-refractivity contribution in [3.8, 4) is 0 Å². The van der Waals surface area contributed by atoms with Crippen molar-refractivity contribution in [1.29, 1.82) is 0 Å². The normalized spacial score (nSPS) is 23.1. The van der Waals surface area contributed by atoms with Gasteiger partial charge in [0.15, 0.2) is 0 Å². The highest BCUT2D eigenvalue weighted by atomic mass is 32.2. The molecule has 1 fully saturated rings.